The molecule has 2 heterocycles. The minimum absolute atomic E-state index is 0.178. The van der Waals surface area contributed by atoms with Gasteiger partial charge in [-0.2, -0.15) is 4.98 Å². The number of rotatable bonds is 8. The Morgan fingerprint density at radius 1 is 0.889 bits per heavy atom. The molecule has 4 rings (SSSR count). The Hall–Kier alpha value is -2.76. The second-order valence-electron chi connectivity index (χ2n) is 6.30. The number of nitrogens with one attached hydrogen (secondary N) is 1. The molecule has 0 saturated carbocycles. The van der Waals surface area contributed by atoms with Crippen molar-refractivity contribution in [3.8, 4) is 10.7 Å². The molecule has 4 aromatic rings. The minimum atomic E-state index is 0.178. The zero-order valence-electron chi connectivity index (χ0n) is 14.9. The van der Waals surface area contributed by atoms with Crippen LogP contribution in [-0.4, -0.2) is 16.7 Å². The summed E-state index contributed by atoms with van der Waals surface area (Å²) in [5.74, 6) is 1.37. The molecule has 136 valence electrons. The van der Waals surface area contributed by atoms with Crippen molar-refractivity contribution < 1.29 is 4.52 Å². The summed E-state index contributed by atoms with van der Waals surface area (Å²) in [6, 6.07) is 25.2. The molecule has 0 unspecified atom stereocenters. The molecule has 1 N–H and O–H groups in total. The molecule has 0 saturated heterocycles. The number of benzene rings is 2. The van der Waals surface area contributed by atoms with Gasteiger partial charge in [0.1, 0.15) is 0 Å². The maximum absolute atomic E-state index is 5.38. The van der Waals surface area contributed by atoms with Crippen LogP contribution in [0.25, 0.3) is 10.7 Å². The van der Waals surface area contributed by atoms with Gasteiger partial charge in [-0.15, -0.1) is 11.3 Å². The number of hydrogen-bond acceptors (Lipinski definition) is 5. The Bertz CT molecular complexity index is 897. The molecule has 27 heavy (non-hydrogen) atoms. The van der Waals surface area contributed by atoms with E-state index < -0.39 is 0 Å². The average molecular weight is 375 g/mol. The summed E-state index contributed by atoms with van der Waals surface area (Å²) >= 11 is 1.62. The van der Waals surface area contributed by atoms with Crippen LogP contribution in [0.15, 0.2) is 82.7 Å². The maximum Gasteiger partial charge on any atom is 0.227 e. The second kappa shape index (κ2) is 8.75. The Kier molecular flexibility index (Phi) is 5.72. The zero-order valence-corrected chi connectivity index (χ0v) is 15.7. The van der Waals surface area contributed by atoms with E-state index in [4.69, 9.17) is 4.52 Å². The minimum Gasteiger partial charge on any atom is -0.339 e. The van der Waals surface area contributed by atoms with Crippen molar-refractivity contribution >= 4 is 11.3 Å². The van der Waals surface area contributed by atoms with Gasteiger partial charge in [-0.3, -0.25) is 0 Å². The predicted molar refractivity (Wildman–Crippen MR) is 109 cm³/mol. The summed E-state index contributed by atoms with van der Waals surface area (Å²) < 4.78 is 5.38. The van der Waals surface area contributed by atoms with Crippen LogP contribution in [0.5, 0.6) is 0 Å². The molecule has 5 heteroatoms. The Morgan fingerprint density at radius 2 is 1.59 bits per heavy atom. The normalized spacial score (nSPS) is 11.1. The van der Waals surface area contributed by atoms with Gasteiger partial charge in [0.15, 0.2) is 0 Å². The van der Waals surface area contributed by atoms with Crippen molar-refractivity contribution in [3.63, 3.8) is 0 Å². The second-order valence-corrected chi connectivity index (χ2v) is 7.25. The zero-order chi connectivity index (χ0) is 18.3. The van der Waals surface area contributed by atoms with Crippen molar-refractivity contribution in [2.24, 2.45) is 0 Å². The van der Waals surface area contributed by atoms with Crippen LogP contribution in [0, 0.1) is 0 Å². The number of nitrogens with zero attached hydrogens (tertiary/aromatic N) is 2. The molecule has 0 aliphatic carbocycles. The highest BCUT2D eigenvalue weighted by Gasteiger charge is 2.13. The fourth-order valence-corrected chi connectivity index (χ4v) is 3.72. The molecular formula is C22H21N3OS. The SMILES string of the molecule is c1ccc(C(NCCCc2nc(-c3cccs3)no2)c2ccccc2)cc1. The number of aromatic nitrogens is 2. The highest BCUT2D eigenvalue weighted by Crippen LogP contribution is 2.23. The lowest BCUT2D eigenvalue weighted by Gasteiger charge is -2.19. The lowest BCUT2D eigenvalue weighted by atomic mass is 9.98. The van der Waals surface area contributed by atoms with Crippen molar-refractivity contribution in [1.82, 2.24) is 15.5 Å². The van der Waals surface area contributed by atoms with Crippen molar-refractivity contribution in [3.05, 3.63) is 95.2 Å². The molecule has 0 spiro atoms. The molecule has 0 atom stereocenters. The predicted octanol–water partition coefficient (Wildman–Crippen LogP) is 5.11. The summed E-state index contributed by atoms with van der Waals surface area (Å²) in [4.78, 5) is 5.53. The van der Waals surface area contributed by atoms with Gasteiger partial charge in [0.05, 0.1) is 10.9 Å². The molecule has 2 aromatic carbocycles. The summed E-state index contributed by atoms with van der Waals surface area (Å²) in [5.41, 5.74) is 2.53. The van der Waals surface area contributed by atoms with Crippen molar-refractivity contribution in [2.45, 2.75) is 18.9 Å². The molecule has 0 amide bonds. The monoisotopic (exact) mass is 375 g/mol. The fourth-order valence-electron chi connectivity index (χ4n) is 3.07. The molecule has 4 nitrogen and oxygen atoms in total. The van der Waals surface area contributed by atoms with E-state index in [1.54, 1.807) is 11.3 Å². The topological polar surface area (TPSA) is 51.0 Å². The van der Waals surface area contributed by atoms with Gasteiger partial charge < -0.3 is 9.84 Å². The largest absolute Gasteiger partial charge is 0.339 e. The van der Waals surface area contributed by atoms with Crippen LogP contribution in [0.1, 0.15) is 29.5 Å². The van der Waals surface area contributed by atoms with E-state index in [9.17, 15) is 0 Å². The third kappa shape index (κ3) is 4.51. The number of hydrogen-bond donors (Lipinski definition) is 1. The molecular weight excluding hydrogens is 354 g/mol. The summed E-state index contributed by atoms with van der Waals surface area (Å²) in [6.07, 6.45) is 1.70. The third-order valence-corrected chi connectivity index (χ3v) is 5.26. The quantitative estimate of drug-likeness (QED) is 0.435. The Morgan fingerprint density at radius 3 is 2.22 bits per heavy atom. The van der Waals surface area contributed by atoms with E-state index in [2.05, 4.69) is 64.0 Å². The first-order valence-corrected chi connectivity index (χ1v) is 9.98. The standard InChI is InChI=1S/C22H21N3OS/c1-3-9-17(10-4-1)21(18-11-5-2-6-12-18)23-15-7-14-20-24-22(25-26-20)19-13-8-16-27-19/h1-6,8-13,16,21,23H,7,14-15H2. The van der Waals surface area contributed by atoms with Crippen LogP contribution in [0.3, 0.4) is 0 Å². The fraction of sp³-hybridized carbons (Fsp3) is 0.182. The van der Waals surface area contributed by atoms with Gasteiger partial charge in [-0.1, -0.05) is 71.9 Å². The highest BCUT2D eigenvalue weighted by molar-refractivity contribution is 7.13. The first kappa shape index (κ1) is 17.6. The van der Waals surface area contributed by atoms with E-state index >= 15 is 0 Å². The van der Waals surface area contributed by atoms with E-state index in [-0.39, 0.29) is 6.04 Å². The van der Waals surface area contributed by atoms with Gasteiger partial charge in [0, 0.05) is 6.42 Å². The van der Waals surface area contributed by atoms with Gasteiger partial charge in [0.2, 0.25) is 11.7 Å². The van der Waals surface area contributed by atoms with E-state index in [0.717, 1.165) is 24.3 Å². The van der Waals surface area contributed by atoms with Crippen LogP contribution >= 0.6 is 11.3 Å². The van der Waals surface area contributed by atoms with Crippen molar-refractivity contribution in [2.75, 3.05) is 6.54 Å². The maximum atomic E-state index is 5.38. The van der Waals surface area contributed by atoms with Gasteiger partial charge >= 0.3 is 0 Å². The summed E-state index contributed by atoms with van der Waals surface area (Å²) in [5, 5.41) is 9.76. The van der Waals surface area contributed by atoms with Gasteiger partial charge in [0.25, 0.3) is 0 Å². The smallest absolute Gasteiger partial charge is 0.227 e. The van der Waals surface area contributed by atoms with Gasteiger partial charge in [-0.05, 0) is 35.5 Å². The van der Waals surface area contributed by atoms with Gasteiger partial charge in [-0.25, -0.2) is 0 Å². The highest BCUT2D eigenvalue weighted by atomic mass is 32.1. The van der Waals surface area contributed by atoms with E-state index in [1.165, 1.54) is 11.1 Å². The molecule has 0 aliphatic rings. The summed E-state index contributed by atoms with van der Waals surface area (Å²) in [6.45, 7) is 0.866. The Balaban J connectivity index is 1.36. The lowest BCUT2D eigenvalue weighted by Crippen LogP contribution is -2.23. The lowest BCUT2D eigenvalue weighted by molar-refractivity contribution is 0.374. The summed E-state index contributed by atoms with van der Waals surface area (Å²) in [7, 11) is 0. The molecule has 0 fully saturated rings. The van der Waals surface area contributed by atoms with Crippen molar-refractivity contribution in [1.29, 1.82) is 0 Å². The first-order valence-electron chi connectivity index (χ1n) is 9.10. The van der Waals surface area contributed by atoms with Crippen LogP contribution in [0.4, 0.5) is 0 Å². The average Bonchev–Trinajstić information content (AvgIpc) is 3.41. The Labute approximate surface area is 162 Å². The van der Waals surface area contributed by atoms with E-state index in [1.807, 2.05) is 29.6 Å². The van der Waals surface area contributed by atoms with Crippen LogP contribution in [-0.2, 0) is 6.42 Å². The van der Waals surface area contributed by atoms with E-state index in [0.29, 0.717) is 11.7 Å². The molecule has 2 aromatic heterocycles. The number of aryl methyl sites for hydroxylation is 1. The van der Waals surface area contributed by atoms with Crippen LogP contribution in [0.2, 0.25) is 0 Å². The third-order valence-electron chi connectivity index (χ3n) is 4.39. The molecule has 0 bridgehead atoms. The first-order chi connectivity index (χ1) is 13.4. The molecule has 0 aliphatic heterocycles. The number of thiophene rings is 1. The molecule has 0 radical (unpaired) electrons. The van der Waals surface area contributed by atoms with Crippen LogP contribution < -0.4 is 5.32 Å².